The van der Waals surface area contributed by atoms with Crippen LogP contribution in [0.4, 0.5) is 4.39 Å². The number of nitrogens with zero attached hydrogens (tertiary/aromatic N) is 3. The fraction of sp³-hybridized carbons (Fsp3) is 0.429. The number of alkyl halides is 1. The van der Waals surface area contributed by atoms with Crippen molar-refractivity contribution in [2.75, 3.05) is 0 Å². The molecule has 0 unspecified atom stereocenters. The Labute approximate surface area is 117 Å². The number of benzene rings is 1. The summed E-state index contributed by atoms with van der Waals surface area (Å²) in [4.78, 5) is 0. The van der Waals surface area contributed by atoms with Crippen LogP contribution in [0, 0.1) is 18.7 Å². The molecular weight excluding hydrogens is 265 g/mol. The SMILES string of the molecule is Cc1ccc(F)c(-c2nnc(CCl)n2CC(C)C)c1. The van der Waals surface area contributed by atoms with E-state index < -0.39 is 0 Å². The van der Waals surface area contributed by atoms with Gasteiger partial charge in [0, 0.05) is 6.54 Å². The topological polar surface area (TPSA) is 30.7 Å². The monoisotopic (exact) mass is 281 g/mol. The van der Waals surface area contributed by atoms with Crippen LogP contribution in [0.1, 0.15) is 25.2 Å². The molecule has 2 rings (SSSR count). The fourth-order valence-electron chi connectivity index (χ4n) is 2.00. The van der Waals surface area contributed by atoms with Gasteiger partial charge in [-0.15, -0.1) is 21.8 Å². The van der Waals surface area contributed by atoms with Gasteiger partial charge in [-0.3, -0.25) is 0 Å². The van der Waals surface area contributed by atoms with Gasteiger partial charge in [0.1, 0.15) is 11.6 Å². The van der Waals surface area contributed by atoms with Crippen LogP contribution >= 0.6 is 11.6 Å². The molecule has 0 fully saturated rings. The molecule has 0 saturated heterocycles. The van der Waals surface area contributed by atoms with E-state index in [2.05, 4.69) is 24.0 Å². The van der Waals surface area contributed by atoms with Crippen molar-refractivity contribution in [3.8, 4) is 11.4 Å². The molecule has 0 saturated carbocycles. The average Bonchev–Trinajstić information content (AvgIpc) is 2.74. The lowest BCUT2D eigenvalue weighted by Crippen LogP contribution is -2.10. The molecule has 0 aliphatic rings. The van der Waals surface area contributed by atoms with Crippen LogP contribution in [-0.2, 0) is 12.4 Å². The summed E-state index contributed by atoms with van der Waals surface area (Å²) < 4.78 is 15.9. The molecule has 5 heteroatoms. The van der Waals surface area contributed by atoms with Gasteiger partial charge in [0.25, 0.3) is 0 Å². The summed E-state index contributed by atoms with van der Waals surface area (Å²) in [6, 6.07) is 4.98. The minimum absolute atomic E-state index is 0.271. The van der Waals surface area contributed by atoms with Crippen molar-refractivity contribution in [1.82, 2.24) is 14.8 Å². The molecule has 0 amide bonds. The lowest BCUT2D eigenvalue weighted by molar-refractivity contribution is 0.514. The molecule has 0 N–H and O–H groups in total. The highest BCUT2D eigenvalue weighted by molar-refractivity contribution is 6.16. The van der Waals surface area contributed by atoms with Crippen LogP contribution in [0.5, 0.6) is 0 Å². The lowest BCUT2D eigenvalue weighted by Gasteiger charge is -2.12. The predicted molar refractivity (Wildman–Crippen MR) is 74.5 cm³/mol. The third-order valence-electron chi connectivity index (χ3n) is 2.86. The molecular formula is C14H17ClFN3. The second kappa shape index (κ2) is 5.70. The standard InChI is InChI=1S/C14H17ClFN3/c1-9(2)8-19-13(7-15)17-18-14(19)11-6-10(3)4-5-12(11)16/h4-6,9H,7-8H2,1-3H3. The summed E-state index contributed by atoms with van der Waals surface area (Å²) in [5.74, 6) is 1.61. The maximum Gasteiger partial charge on any atom is 0.166 e. The average molecular weight is 282 g/mol. The predicted octanol–water partition coefficient (Wildman–Crippen LogP) is 3.79. The Morgan fingerprint density at radius 2 is 2.05 bits per heavy atom. The van der Waals surface area contributed by atoms with Gasteiger partial charge in [-0.1, -0.05) is 25.5 Å². The van der Waals surface area contributed by atoms with Gasteiger partial charge in [0.15, 0.2) is 5.82 Å². The van der Waals surface area contributed by atoms with Crippen LogP contribution in [0.3, 0.4) is 0 Å². The van der Waals surface area contributed by atoms with Crippen LogP contribution in [0.15, 0.2) is 18.2 Å². The Hall–Kier alpha value is -1.42. The van der Waals surface area contributed by atoms with E-state index in [0.29, 0.717) is 23.1 Å². The minimum Gasteiger partial charge on any atom is -0.310 e. The Morgan fingerprint density at radius 3 is 2.68 bits per heavy atom. The molecule has 1 aromatic heterocycles. The molecule has 2 aromatic rings. The van der Waals surface area contributed by atoms with Crippen LogP contribution in [-0.4, -0.2) is 14.8 Å². The Balaban J connectivity index is 2.55. The highest BCUT2D eigenvalue weighted by Crippen LogP contribution is 2.24. The fourth-order valence-corrected chi connectivity index (χ4v) is 2.20. The molecule has 3 nitrogen and oxygen atoms in total. The van der Waals surface area contributed by atoms with E-state index in [1.165, 1.54) is 6.07 Å². The lowest BCUT2D eigenvalue weighted by atomic mass is 10.1. The van der Waals surface area contributed by atoms with Crippen molar-refractivity contribution in [1.29, 1.82) is 0 Å². The summed E-state index contributed by atoms with van der Waals surface area (Å²) in [5.41, 5.74) is 1.47. The van der Waals surface area contributed by atoms with Gasteiger partial charge in [0.2, 0.25) is 0 Å². The molecule has 0 bridgehead atoms. The van der Waals surface area contributed by atoms with Crippen molar-refractivity contribution >= 4 is 11.6 Å². The minimum atomic E-state index is -0.288. The number of hydrogen-bond acceptors (Lipinski definition) is 2. The van der Waals surface area contributed by atoms with Crippen molar-refractivity contribution in [3.63, 3.8) is 0 Å². The molecule has 0 atom stereocenters. The zero-order valence-corrected chi connectivity index (χ0v) is 12.1. The van der Waals surface area contributed by atoms with Gasteiger partial charge < -0.3 is 4.57 Å². The first-order chi connectivity index (χ1) is 9.02. The maximum absolute atomic E-state index is 14.0. The highest BCUT2D eigenvalue weighted by atomic mass is 35.5. The Morgan fingerprint density at radius 1 is 1.32 bits per heavy atom. The van der Waals surface area contributed by atoms with Gasteiger partial charge in [-0.2, -0.15) is 0 Å². The van der Waals surface area contributed by atoms with E-state index in [1.54, 1.807) is 12.1 Å². The molecule has 1 aromatic carbocycles. The molecule has 19 heavy (non-hydrogen) atoms. The maximum atomic E-state index is 14.0. The highest BCUT2D eigenvalue weighted by Gasteiger charge is 2.17. The smallest absolute Gasteiger partial charge is 0.166 e. The summed E-state index contributed by atoms with van der Waals surface area (Å²) in [7, 11) is 0. The number of aryl methyl sites for hydroxylation is 1. The van der Waals surface area contributed by atoms with E-state index in [-0.39, 0.29) is 11.7 Å². The normalized spacial score (nSPS) is 11.3. The number of hydrogen-bond donors (Lipinski definition) is 0. The van der Waals surface area contributed by atoms with E-state index in [1.807, 2.05) is 11.5 Å². The van der Waals surface area contributed by atoms with Crippen molar-refractivity contribution in [2.45, 2.75) is 33.2 Å². The first-order valence-corrected chi connectivity index (χ1v) is 6.81. The Kier molecular flexibility index (Phi) is 4.20. The van der Waals surface area contributed by atoms with E-state index in [0.717, 1.165) is 12.1 Å². The largest absolute Gasteiger partial charge is 0.310 e. The van der Waals surface area contributed by atoms with Gasteiger partial charge >= 0.3 is 0 Å². The van der Waals surface area contributed by atoms with Crippen molar-refractivity contribution < 1.29 is 4.39 Å². The van der Waals surface area contributed by atoms with E-state index in [4.69, 9.17) is 11.6 Å². The molecule has 102 valence electrons. The molecule has 0 radical (unpaired) electrons. The first kappa shape index (κ1) is 14.0. The third-order valence-corrected chi connectivity index (χ3v) is 3.10. The zero-order valence-electron chi connectivity index (χ0n) is 11.3. The number of aromatic nitrogens is 3. The second-order valence-electron chi connectivity index (χ2n) is 5.06. The van der Waals surface area contributed by atoms with Gasteiger partial charge in [0.05, 0.1) is 11.4 Å². The van der Waals surface area contributed by atoms with Gasteiger partial charge in [-0.25, -0.2) is 4.39 Å². The van der Waals surface area contributed by atoms with Crippen LogP contribution in [0.25, 0.3) is 11.4 Å². The molecule has 0 aliphatic carbocycles. The zero-order chi connectivity index (χ0) is 14.0. The Bertz CT molecular complexity index is 578. The van der Waals surface area contributed by atoms with Crippen LogP contribution in [0.2, 0.25) is 0 Å². The van der Waals surface area contributed by atoms with Crippen LogP contribution < -0.4 is 0 Å². The van der Waals surface area contributed by atoms with E-state index in [9.17, 15) is 4.39 Å². The summed E-state index contributed by atoms with van der Waals surface area (Å²) in [6.45, 7) is 6.83. The molecule has 1 heterocycles. The van der Waals surface area contributed by atoms with Gasteiger partial charge in [-0.05, 0) is 25.0 Å². The van der Waals surface area contributed by atoms with Crippen molar-refractivity contribution in [2.24, 2.45) is 5.92 Å². The summed E-state index contributed by atoms with van der Waals surface area (Å²) in [6.07, 6.45) is 0. The molecule has 0 aliphatic heterocycles. The van der Waals surface area contributed by atoms with Crippen molar-refractivity contribution in [3.05, 3.63) is 35.4 Å². The van der Waals surface area contributed by atoms with E-state index >= 15 is 0 Å². The summed E-state index contributed by atoms with van der Waals surface area (Å²) >= 11 is 5.87. The first-order valence-electron chi connectivity index (χ1n) is 6.27. The second-order valence-corrected chi connectivity index (χ2v) is 5.33. The number of rotatable bonds is 4. The molecule has 0 spiro atoms. The quantitative estimate of drug-likeness (QED) is 0.799. The summed E-state index contributed by atoms with van der Waals surface area (Å²) in [5, 5.41) is 8.15. The number of halogens is 2. The third kappa shape index (κ3) is 2.95.